The predicted octanol–water partition coefficient (Wildman–Crippen LogP) is 11.2. The van der Waals surface area contributed by atoms with Crippen LogP contribution < -0.4 is 4.90 Å². The predicted molar refractivity (Wildman–Crippen MR) is 164 cm³/mol. The van der Waals surface area contributed by atoms with Crippen LogP contribution in [0.1, 0.15) is 48.0 Å². The minimum atomic E-state index is -0.250. The minimum Gasteiger partial charge on any atom is -0.311 e. The van der Waals surface area contributed by atoms with Crippen LogP contribution in [-0.4, -0.2) is 0 Å². The van der Waals surface area contributed by atoms with Gasteiger partial charge in [-0.2, -0.15) is 0 Å². The average Bonchev–Trinajstić information content (AvgIpc) is 2.91. The lowest BCUT2D eigenvalue weighted by Gasteiger charge is -2.27. The molecule has 0 saturated carbocycles. The highest BCUT2D eigenvalue weighted by Crippen LogP contribution is 2.33. The van der Waals surface area contributed by atoms with E-state index in [0.717, 1.165) is 40.2 Å². The first-order valence-electron chi connectivity index (χ1n) is 12.9. The second-order valence-corrected chi connectivity index (χ2v) is 8.30. The standard InChI is InChI=1S/C26H24FN.C7H12.C2H6/c1-4-8-26(19-20(2)3)28(25-17-13-23(27)14-18-25)24-15-11-22(12-16-24)21-9-6-5-7-10-21;1-4-5-6-7(2)3;1-2/h4-19H,2H2,1,3H3;5-6H,2,4H2,1,3H3;1-2H3/b8-4-,26-19+;6-5-;. The van der Waals surface area contributed by atoms with E-state index in [2.05, 4.69) is 67.5 Å². The van der Waals surface area contributed by atoms with Gasteiger partial charge in [0.15, 0.2) is 0 Å². The lowest BCUT2D eigenvalue weighted by Crippen LogP contribution is -2.15. The molecule has 0 bridgehead atoms. The third-order valence-electron chi connectivity index (χ3n) is 4.95. The first-order valence-corrected chi connectivity index (χ1v) is 12.9. The Morgan fingerprint density at radius 1 is 0.757 bits per heavy atom. The number of hydrogen-bond donors (Lipinski definition) is 0. The molecule has 0 N–H and O–H groups in total. The van der Waals surface area contributed by atoms with E-state index in [9.17, 15) is 4.39 Å². The molecular weight excluding hydrogens is 453 g/mol. The largest absolute Gasteiger partial charge is 0.311 e. The zero-order valence-corrected chi connectivity index (χ0v) is 23.3. The van der Waals surface area contributed by atoms with Crippen molar-refractivity contribution in [3.63, 3.8) is 0 Å². The van der Waals surface area contributed by atoms with Crippen molar-refractivity contribution in [2.24, 2.45) is 0 Å². The molecule has 0 aliphatic carbocycles. The second-order valence-electron chi connectivity index (χ2n) is 8.30. The molecular formula is C35H42FN. The van der Waals surface area contributed by atoms with E-state index in [1.807, 2.05) is 77.1 Å². The van der Waals surface area contributed by atoms with E-state index in [0.29, 0.717) is 0 Å². The maximum Gasteiger partial charge on any atom is 0.123 e. The third-order valence-corrected chi connectivity index (χ3v) is 4.95. The first kappa shape index (κ1) is 31.1. The summed E-state index contributed by atoms with van der Waals surface area (Å²) in [6.07, 6.45) is 11.3. The molecule has 0 heterocycles. The number of anilines is 2. The Kier molecular flexibility index (Phi) is 14.7. The van der Waals surface area contributed by atoms with Gasteiger partial charge in [-0.05, 0) is 86.9 Å². The van der Waals surface area contributed by atoms with Crippen LogP contribution in [-0.2, 0) is 0 Å². The van der Waals surface area contributed by atoms with Crippen molar-refractivity contribution in [2.75, 3.05) is 4.90 Å². The highest BCUT2D eigenvalue weighted by molar-refractivity contribution is 5.73. The monoisotopic (exact) mass is 495 g/mol. The summed E-state index contributed by atoms with van der Waals surface area (Å²) in [5, 5.41) is 0. The van der Waals surface area contributed by atoms with Crippen molar-refractivity contribution in [1.82, 2.24) is 0 Å². The Bertz CT molecular complexity index is 1160. The molecule has 194 valence electrons. The molecule has 0 unspecified atom stereocenters. The molecule has 1 nitrogen and oxygen atoms in total. The van der Waals surface area contributed by atoms with Gasteiger partial charge >= 0.3 is 0 Å². The Hall–Kier alpha value is -3.91. The van der Waals surface area contributed by atoms with Crippen molar-refractivity contribution in [3.05, 3.63) is 145 Å². The number of allylic oxidation sites excluding steroid dienone is 7. The summed E-state index contributed by atoms with van der Waals surface area (Å²) in [7, 11) is 0. The second kappa shape index (κ2) is 17.5. The van der Waals surface area contributed by atoms with Crippen LogP contribution in [0.3, 0.4) is 0 Å². The molecule has 37 heavy (non-hydrogen) atoms. The summed E-state index contributed by atoms with van der Waals surface area (Å²) in [4.78, 5) is 2.10. The van der Waals surface area contributed by atoms with Crippen molar-refractivity contribution >= 4 is 11.4 Å². The van der Waals surface area contributed by atoms with E-state index in [1.165, 1.54) is 17.7 Å². The molecule has 3 aromatic carbocycles. The van der Waals surface area contributed by atoms with Gasteiger partial charge in [-0.3, -0.25) is 0 Å². The van der Waals surface area contributed by atoms with Gasteiger partial charge < -0.3 is 4.90 Å². The van der Waals surface area contributed by atoms with Crippen molar-refractivity contribution in [3.8, 4) is 11.1 Å². The van der Waals surface area contributed by atoms with Crippen LogP contribution >= 0.6 is 0 Å². The topological polar surface area (TPSA) is 3.24 Å². The number of benzene rings is 3. The normalized spacial score (nSPS) is 10.8. The van der Waals surface area contributed by atoms with E-state index in [4.69, 9.17) is 0 Å². The summed E-state index contributed by atoms with van der Waals surface area (Å²) < 4.78 is 13.5. The fraction of sp³-hybridized carbons (Fsp3) is 0.200. The minimum absolute atomic E-state index is 0.250. The summed E-state index contributed by atoms with van der Waals surface area (Å²) in [6.45, 7) is 19.8. The first-order chi connectivity index (χ1) is 17.8. The van der Waals surface area contributed by atoms with Crippen LogP contribution in [0, 0.1) is 5.82 Å². The summed E-state index contributed by atoms with van der Waals surface area (Å²) in [6, 6.07) is 25.2. The van der Waals surface area contributed by atoms with Crippen LogP contribution in [0.4, 0.5) is 15.8 Å². The molecule has 2 heteroatoms. The number of halogens is 1. The quantitative estimate of drug-likeness (QED) is 0.281. The van der Waals surface area contributed by atoms with Crippen molar-refractivity contribution in [1.29, 1.82) is 0 Å². The Morgan fingerprint density at radius 3 is 1.70 bits per heavy atom. The molecule has 0 radical (unpaired) electrons. The highest BCUT2D eigenvalue weighted by Gasteiger charge is 2.13. The van der Waals surface area contributed by atoms with E-state index >= 15 is 0 Å². The van der Waals surface area contributed by atoms with Crippen molar-refractivity contribution < 1.29 is 4.39 Å². The van der Waals surface area contributed by atoms with Gasteiger partial charge in [0.2, 0.25) is 0 Å². The molecule has 0 spiro atoms. The molecule has 0 saturated heterocycles. The van der Waals surface area contributed by atoms with Crippen LogP contribution in [0.25, 0.3) is 11.1 Å². The molecule has 0 atom stereocenters. The van der Waals surface area contributed by atoms with Gasteiger partial charge in [-0.25, -0.2) is 4.39 Å². The van der Waals surface area contributed by atoms with Gasteiger partial charge in [0.1, 0.15) is 5.82 Å². The highest BCUT2D eigenvalue weighted by atomic mass is 19.1. The fourth-order valence-electron chi connectivity index (χ4n) is 3.40. The summed E-state index contributed by atoms with van der Waals surface area (Å²) in [5.41, 5.74) is 7.25. The molecule has 3 rings (SSSR count). The maximum absolute atomic E-state index is 13.5. The SMILES string of the molecule is C=C(C)/C=C(\C=C/C)N(c1ccc(F)cc1)c1ccc(-c2ccccc2)cc1.C=C(C)/C=C\CC.CC. The Morgan fingerprint density at radius 2 is 1.27 bits per heavy atom. The van der Waals surface area contributed by atoms with Gasteiger partial charge in [0.25, 0.3) is 0 Å². The molecule has 0 aliphatic rings. The number of nitrogens with zero attached hydrogens (tertiary/aromatic N) is 1. The van der Waals surface area contributed by atoms with Gasteiger partial charge in [0.05, 0.1) is 0 Å². The lowest BCUT2D eigenvalue weighted by atomic mass is 10.0. The Balaban J connectivity index is 0.000000659. The summed E-state index contributed by atoms with van der Waals surface area (Å²) >= 11 is 0. The lowest BCUT2D eigenvalue weighted by molar-refractivity contribution is 0.628. The molecule has 0 fully saturated rings. The van der Waals surface area contributed by atoms with Crippen LogP contribution in [0.5, 0.6) is 0 Å². The zero-order valence-electron chi connectivity index (χ0n) is 23.3. The van der Waals surface area contributed by atoms with E-state index in [-0.39, 0.29) is 5.82 Å². The van der Waals surface area contributed by atoms with Crippen LogP contribution in [0.2, 0.25) is 0 Å². The fourth-order valence-corrected chi connectivity index (χ4v) is 3.40. The van der Waals surface area contributed by atoms with Crippen LogP contribution in [0.15, 0.2) is 139 Å². The maximum atomic E-state index is 13.5. The zero-order chi connectivity index (χ0) is 27.6. The number of rotatable bonds is 8. The van der Waals surface area contributed by atoms with Gasteiger partial charge in [-0.15, -0.1) is 0 Å². The number of hydrogen-bond acceptors (Lipinski definition) is 1. The van der Waals surface area contributed by atoms with E-state index in [1.54, 1.807) is 12.1 Å². The van der Waals surface area contributed by atoms with Gasteiger partial charge in [0, 0.05) is 17.1 Å². The van der Waals surface area contributed by atoms with Crippen molar-refractivity contribution in [2.45, 2.75) is 48.0 Å². The molecule has 0 aliphatic heterocycles. The molecule has 3 aromatic rings. The van der Waals surface area contributed by atoms with Gasteiger partial charge in [-0.1, -0.05) is 106 Å². The molecule has 0 aromatic heterocycles. The molecule has 0 amide bonds. The third kappa shape index (κ3) is 11.1. The Labute approximate surface area is 224 Å². The smallest absolute Gasteiger partial charge is 0.123 e. The average molecular weight is 496 g/mol. The van der Waals surface area contributed by atoms with E-state index < -0.39 is 0 Å². The summed E-state index contributed by atoms with van der Waals surface area (Å²) in [5.74, 6) is -0.250.